The minimum atomic E-state index is 0.510. The van der Waals surface area contributed by atoms with Crippen molar-refractivity contribution in [2.75, 3.05) is 12.4 Å². The number of rotatable bonds is 7. The normalized spacial score (nSPS) is 10.8. The average molecular weight is 424 g/mol. The monoisotopic (exact) mass is 424 g/mol. The Morgan fingerprint density at radius 3 is 2.59 bits per heavy atom. The molecule has 8 heteroatoms. The van der Waals surface area contributed by atoms with Crippen LogP contribution in [0.4, 0.5) is 5.82 Å². The first-order valence-electron chi connectivity index (χ1n) is 10.1. The van der Waals surface area contributed by atoms with Crippen LogP contribution in [-0.2, 0) is 6.54 Å². The van der Waals surface area contributed by atoms with Crippen molar-refractivity contribution in [2.45, 2.75) is 6.54 Å². The van der Waals surface area contributed by atoms with Gasteiger partial charge in [0, 0.05) is 36.5 Å². The molecule has 5 rings (SSSR count). The van der Waals surface area contributed by atoms with Gasteiger partial charge in [0.25, 0.3) is 5.78 Å². The lowest BCUT2D eigenvalue weighted by Gasteiger charge is -2.11. The molecule has 0 aliphatic rings. The van der Waals surface area contributed by atoms with Crippen molar-refractivity contribution in [1.29, 1.82) is 0 Å². The SMILES string of the molecule is COc1cccc(Oc2ccc(CNc3cc(-c4ccccc4)nc4ncnn34)cn2)c1. The van der Waals surface area contributed by atoms with E-state index in [9.17, 15) is 0 Å². The van der Waals surface area contributed by atoms with Gasteiger partial charge in [-0.25, -0.2) is 9.97 Å². The summed E-state index contributed by atoms with van der Waals surface area (Å²) in [7, 11) is 1.62. The zero-order valence-electron chi connectivity index (χ0n) is 17.3. The summed E-state index contributed by atoms with van der Waals surface area (Å²) in [6.45, 7) is 0.555. The second-order valence-corrected chi connectivity index (χ2v) is 7.00. The molecule has 0 aliphatic carbocycles. The molecular weight excluding hydrogens is 404 g/mol. The molecule has 1 N–H and O–H groups in total. The number of hydrogen-bond acceptors (Lipinski definition) is 7. The molecule has 0 amide bonds. The van der Waals surface area contributed by atoms with Gasteiger partial charge in [0.2, 0.25) is 5.88 Å². The fraction of sp³-hybridized carbons (Fsp3) is 0.0833. The highest BCUT2D eigenvalue weighted by Gasteiger charge is 2.09. The number of pyridine rings is 1. The van der Waals surface area contributed by atoms with Crippen LogP contribution in [0, 0.1) is 0 Å². The highest BCUT2D eigenvalue weighted by atomic mass is 16.5. The van der Waals surface area contributed by atoms with Gasteiger partial charge < -0.3 is 14.8 Å². The van der Waals surface area contributed by atoms with Crippen LogP contribution in [0.1, 0.15) is 5.56 Å². The summed E-state index contributed by atoms with van der Waals surface area (Å²) in [4.78, 5) is 13.3. The van der Waals surface area contributed by atoms with Crippen LogP contribution >= 0.6 is 0 Å². The predicted molar refractivity (Wildman–Crippen MR) is 121 cm³/mol. The summed E-state index contributed by atoms with van der Waals surface area (Å²) in [5.74, 6) is 3.24. The lowest BCUT2D eigenvalue weighted by atomic mass is 10.1. The molecule has 3 aromatic heterocycles. The molecule has 0 unspecified atom stereocenters. The third-order valence-electron chi connectivity index (χ3n) is 4.86. The van der Waals surface area contributed by atoms with Crippen molar-refractivity contribution in [3.63, 3.8) is 0 Å². The highest BCUT2D eigenvalue weighted by Crippen LogP contribution is 2.24. The van der Waals surface area contributed by atoms with Crippen LogP contribution in [0.15, 0.2) is 85.3 Å². The Morgan fingerprint density at radius 2 is 1.78 bits per heavy atom. The zero-order valence-corrected chi connectivity index (χ0v) is 17.3. The number of hydrogen-bond donors (Lipinski definition) is 1. The number of benzene rings is 2. The molecule has 0 saturated heterocycles. The van der Waals surface area contributed by atoms with E-state index in [-0.39, 0.29) is 0 Å². The van der Waals surface area contributed by atoms with E-state index < -0.39 is 0 Å². The first kappa shape index (κ1) is 19.5. The Bertz CT molecular complexity index is 1340. The lowest BCUT2D eigenvalue weighted by Crippen LogP contribution is -2.07. The van der Waals surface area contributed by atoms with Crippen molar-refractivity contribution < 1.29 is 9.47 Å². The third-order valence-corrected chi connectivity index (χ3v) is 4.86. The third kappa shape index (κ3) is 4.20. The number of nitrogens with one attached hydrogen (secondary N) is 1. The molecule has 0 fully saturated rings. The summed E-state index contributed by atoms with van der Waals surface area (Å²) in [5, 5.41) is 7.68. The van der Waals surface area contributed by atoms with Gasteiger partial charge in [0.1, 0.15) is 23.6 Å². The fourth-order valence-electron chi connectivity index (χ4n) is 3.25. The first-order chi connectivity index (χ1) is 15.8. The topological polar surface area (TPSA) is 86.5 Å². The maximum atomic E-state index is 5.81. The molecule has 158 valence electrons. The van der Waals surface area contributed by atoms with E-state index in [2.05, 4.69) is 25.4 Å². The number of ether oxygens (including phenoxy) is 2. The Morgan fingerprint density at radius 1 is 0.906 bits per heavy atom. The smallest absolute Gasteiger partial charge is 0.254 e. The largest absolute Gasteiger partial charge is 0.497 e. The van der Waals surface area contributed by atoms with Crippen molar-refractivity contribution in [2.24, 2.45) is 0 Å². The number of methoxy groups -OCH3 is 1. The Kier molecular flexibility index (Phi) is 5.32. The minimum absolute atomic E-state index is 0.510. The van der Waals surface area contributed by atoms with E-state index in [1.54, 1.807) is 17.8 Å². The molecule has 2 aromatic carbocycles. The molecular formula is C24H20N6O2. The van der Waals surface area contributed by atoms with Crippen molar-refractivity contribution in [3.05, 3.63) is 90.9 Å². The Balaban J connectivity index is 1.32. The zero-order chi connectivity index (χ0) is 21.8. The van der Waals surface area contributed by atoms with Gasteiger partial charge in [0.05, 0.1) is 12.8 Å². The van der Waals surface area contributed by atoms with Crippen molar-refractivity contribution in [1.82, 2.24) is 24.6 Å². The summed E-state index contributed by atoms with van der Waals surface area (Å²) >= 11 is 0. The summed E-state index contributed by atoms with van der Waals surface area (Å²) < 4.78 is 12.7. The van der Waals surface area contributed by atoms with Gasteiger partial charge in [-0.05, 0) is 17.7 Å². The van der Waals surface area contributed by atoms with Gasteiger partial charge in [-0.15, -0.1) is 0 Å². The predicted octanol–water partition coefficient (Wildman–Crippen LogP) is 4.60. The van der Waals surface area contributed by atoms with Crippen molar-refractivity contribution in [3.8, 4) is 28.6 Å². The van der Waals surface area contributed by atoms with Crippen LogP contribution in [0.25, 0.3) is 17.0 Å². The quantitative estimate of drug-likeness (QED) is 0.409. The molecule has 0 atom stereocenters. The summed E-state index contributed by atoms with van der Waals surface area (Å²) in [6.07, 6.45) is 3.27. The molecule has 0 spiro atoms. The highest BCUT2D eigenvalue weighted by molar-refractivity contribution is 5.65. The van der Waals surface area contributed by atoms with Crippen LogP contribution < -0.4 is 14.8 Å². The van der Waals surface area contributed by atoms with Gasteiger partial charge in [-0.3, -0.25) is 0 Å². The molecule has 8 nitrogen and oxygen atoms in total. The summed E-state index contributed by atoms with van der Waals surface area (Å²) in [5.41, 5.74) is 2.84. The first-order valence-corrected chi connectivity index (χ1v) is 10.1. The van der Waals surface area contributed by atoms with E-state index in [1.807, 2.05) is 72.8 Å². The van der Waals surface area contributed by atoms with Gasteiger partial charge in [0.15, 0.2) is 0 Å². The van der Waals surface area contributed by atoms with Gasteiger partial charge in [-0.2, -0.15) is 14.6 Å². The number of nitrogens with zero attached hydrogens (tertiary/aromatic N) is 5. The molecule has 3 heterocycles. The second-order valence-electron chi connectivity index (χ2n) is 7.00. The molecule has 5 aromatic rings. The minimum Gasteiger partial charge on any atom is -0.497 e. The van der Waals surface area contributed by atoms with E-state index in [1.165, 1.54) is 6.33 Å². The van der Waals surface area contributed by atoms with Crippen LogP contribution in [-0.4, -0.2) is 31.7 Å². The molecule has 0 saturated carbocycles. The van der Waals surface area contributed by atoms with E-state index >= 15 is 0 Å². The van der Waals surface area contributed by atoms with Gasteiger partial charge in [-0.1, -0.05) is 42.5 Å². The lowest BCUT2D eigenvalue weighted by molar-refractivity contribution is 0.407. The van der Waals surface area contributed by atoms with Crippen LogP contribution in [0.2, 0.25) is 0 Å². The van der Waals surface area contributed by atoms with Gasteiger partial charge >= 0.3 is 0 Å². The maximum Gasteiger partial charge on any atom is 0.254 e. The van der Waals surface area contributed by atoms with Crippen LogP contribution in [0.5, 0.6) is 17.4 Å². The molecule has 0 bridgehead atoms. The number of fused-ring (bicyclic) bond motifs is 1. The van der Waals surface area contributed by atoms with E-state index in [0.29, 0.717) is 24.0 Å². The average Bonchev–Trinajstić information content (AvgIpc) is 3.33. The molecule has 0 radical (unpaired) electrons. The van der Waals surface area contributed by atoms with E-state index in [0.717, 1.165) is 28.4 Å². The molecule has 32 heavy (non-hydrogen) atoms. The standard InChI is InChI=1S/C24H20N6O2/c1-31-19-8-5-9-20(12-19)32-23-11-10-17(15-26-23)14-25-22-13-21(18-6-3-2-4-7-18)29-24-27-16-28-30(22)24/h2-13,15-16,25H,14H2,1H3. The maximum absolute atomic E-state index is 5.81. The fourth-order valence-corrected chi connectivity index (χ4v) is 3.25. The van der Waals surface area contributed by atoms with E-state index in [4.69, 9.17) is 9.47 Å². The van der Waals surface area contributed by atoms with Crippen LogP contribution in [0.3, 0.4) is 0 Å². The Labute approximate surface area is 184 Å². The summed E-state index contributed by atoms with van der Waals surface area (Å²) in [6, 6.07) is 23.2. The Hall–Kier alpha value is -4.46. The van der Waals surface area contributed by atoms with Crippen molar-refractivity contribution >= 4 is 11.6 Å². The second kappa shape index (κ2) is 8.73. The number of aromatic nitrogens is 5. The number of anilines is 1. The molecule has 0 aliphatic heterocycles.